The number of benzene rings is 2. The molecule has 2 fully saturated rings. The van der Waals surface area contributed by atoms with Crippen LogP contribution in [0.4, 0.5) is 4.79 Å². The number of hydrogen-bond donors (Lipinski definition) is 1. The fraction of sp³-hybridized carbons (Fsp3) is 0.567. The molecule has 2 aromatic carbocycles. The molecule has 0 aliphatic carbocycles. The van der Waals surface area contributed by atoms with Crippen molar-refractivity contribution in [2.45, 2.75) is 109 Å². The maximum atomic E-state index is 13.1. The second-order valence-electron chi connectivity index (χ2n) is 11.3. The lowest BCUT2D eigenvalue weighted by atomic mass is 9.72. The van der Waals surface area contributed by atoms with E-state index < -0.39 is 5.60 Å². The van der Waals surface area contributed by atoms with Gasteiger partial charge in [0.1, 0.15) is 6.61 Å². The van der Waals surface area contributed by atoms with Gasteiger partial charge in [-0.2, -0.15) is 0 Å². The summed E-state index contributed by atoms with van der Waals surface area (Å²) in [5, 5.41) is 12.2. The Morgan fingerprint density at radius 3 is 1.94 bits per heavy atom. The van der Waals surface area contributed by atoms with E-state index >= 15 is 0 Å². The molecule has 0 aromatic heterocycles. The fourth-order valence-electron chi connectivity index (χ4n) is 6.01. The molecule has 2 atom stereocenters. The summed E-state index contributed by atoms with van der Waals surface area (Å²) in [4.78, 5) is 15.0. The Kier molecular flexibility index (Phi) is 7.09. The van der Waals surface area contributed by atoms with Crippen LogP contribution in [0.3, 0.4) is 0 Å². The monoisotopic (exact) mass is 463 g/mol. The topological polar surface area (TPSA) is 49.8 Å². The molecule has 2 aromatic rings. The zero-order valence-corrected chi connectivity index (χ0v) is 21.7. The van der Waals surface area contributed by atoms with Crippen molar-refractivity contribution in [3.05, 3.63) is 70.3 Å². The van der Waals surface area contributed by atoms with Crippen LogP contribution in [-0.4, -0.2) is 28.2 Å². The van der Waals surface area contributed by atoms with Gasteiger partial charge in [-0.25, -0.2) is 4.79 Å². The second kappa shape index (κ2) is 9.73. The normalized spacial score (nSPS) is 24.4. The highest BCUT2D eigenvalue weighted by atomic mass is 16.6. The standard InChI is InChI=1S/C30H41NO3/c1-19(2)23-14-26(20(3)4)28(27(15-23)21(5)6)30(33)16-24-12-13-25(17-30)31(24)29(32)34-18-22-10-8-7-9-11-22/h7-11,14-15,19-21,24-25,33H,12-13,16-18H2,1-6H3. The van der Waals surface area contributed by atoms with Gasteiger partial charge in [0.15, 0.2) is 0 Å². The number of ether oxygens (including phenoxy) is 1. The molecular formula is C30H41NO3. The fourth-order valence-corrected chi connectivity index (χ4v) is 6.01. The summed E-state index contributed by atoms with van der Waals surface area (Å²) in [6.45, 7) is 13.6. The van der Waals surface area contributed by atoms with Crippen molar-refractivity contribution in [1.82, 2.24) is 4.90 Å². The molecule has 2 heterocycles. The summed E-state index contributed by atoms with van der Waals surface area (Å²) in [6, 6.07) is 14.5. The van der Waals surface area contributed by atoms with Crippen LogP contribution < -0.4 is 0 Å². The minimum absolute atomic E-state index is 0.0109. The van der Waals surface area contributed by atoms with E-state index in [0.717, 1.165) is 24.0 Å². The lowest BCUT2D eigenvalue weighted by Crippen LogP contribution is -2.52. The van der Waals surface area contributed by atoms with Gasteiger partial charge in [0.05, 0.1) is 5.60 Å². The van der Waals surface area contributed by atoms with E-state index in [4.69, 9.17) is 4.74 Å². The summed E-state index contributed by atoms with van der Waals surface area (Å²) in [7, 11) is 0. The molecular weight excluding hydrogens is 422 g/mol. The van der Waals surface area contributed by atoms with Gasteiger partial charge in [0.2, 0.25) is 0 Å². The largest absolute Gasteiger partial charge is 0.445 e. The summed E-state index contributed by atoms with van der Waals surface area (Å²) >= 11 is 0. The molecule has 34 heavy (non-hydrogen) atoms. The summed E-state index contributed by atoms with van der Waals surface area (Å²) in [6.07, 6.45) is 2.74. The van der Waals surface area contributed by atoms with Gasteiger partial charge >= 0.3 is 6.09 Å². The van der Waals surface area contributed by atoms with Crippen molar-refractivity contribution in [2.75, 3.05) is 0 Å². The zero-order valence-electron chi connectivity index (χ0n) is 21.7. The number of aliphatic hydroxyl groups is 1. The molecule has 0 spiro atoms. The van der Waals surface area contributed by atoms with Gasteiger partial charge in [-0.15, -0.1) is 0 Å². The molecule has 2 saturated heterocycles. The third-order valence-electron chi connectivity index (χ3n) is 7.78. The molecule has 0 radical (unpaired) electrons. The van der Waals surface area contributed by atoms with Crippen LogP contribution >= 0.6 is 0 Å². The van der Waals surface area contributed by atoms with E-state index in [1.807, 2.05) is 35.2 Å². The predicted octanol–water partition coefficient (Wildman–Crippen LogP) is 7.21. The molecule has 184 valence electrons. The molecule has 0 saturated carbocycles. The van der Waals surface area contributed by atoms with Gasteiger partial charge in [-0.05, 0) is 58.4 Å². The third-order valence-corrected chi connectivity index (χ3v) is 7.78. The van der Waals surface area contributed by atoms with Crippen LogP contribution in [0, 0.1) is 0 Å². The first-order valence-corrected chi connectivity index (χ1v) is 13.0. The number of nitrogens with zero attached hydrogens (tertiary/aromatic N) is 1. The van der Waals surface area contributed by atoms with Gasteiger partial charge in [-0.1, -0.05) is 84.0 Å². The molecule has 2 aliphatic heterocycles. The minimum atomic E-state index is -0.920. The SMILES string of the molecule is CC(C)c1cc(C(C)C)c(C2(O)CC3CCC(C2)N3C(=O)OCc2ccccc2)c(C(C)C)c1. The molecule has 1 N–H and O–H groups in total. The third kappa shape index (κ3) is 4.75. The second-order valence-corrected chi connectivity index (χ2v) is 11.3. The summed E-state index contributed by atoms with van der Waals surface area (Å²) in [5.74, 6) is 1.08. The number of hydrogen-bond acceptors (Lipinski definition) is 3. The van der Waals surface area contributed by atoms with Crippen LogP contribution in [-0.2, 0) is 16.9 Å². The number of piperidine rings is 1. The highest BCUT2D eigenvalue weighted by molar-refractivity contribution is 5.69. The van der Waals surface area contributed by atoms with Gasteiger partial charge < -0.3 is 14.7 Å². The van der Waals surface area contributed by atoms with E-state index in [2.05, 4.69) is 53.7 Å². The Balaban J connectivity index is 1.62. The van der Waals surface area contributed by atoms with E-state index in [9.17, 15) is 9.90 Å². The Morgan fingerprint density at radius 1 is 0.941 bits per heavy atom. The van der Waals surface area contributed by atoms with Crippen LogP contribution in [0.2, 0.25) is 0 Å². The Bertz CT molecular complexity index is 968. The number of rotatable bonds is 6. The molecule has 4 heteroatoms. The van der Waals surface area contributed by atoms with Crippen LogP contribution in [0.15, 0.2) is 42.5 Å². The first-order chi connectivity index (χ1) is 16.1. The van der Waals surface area contributed by atoms with Crippen molar-refractivity contribution < 1.29 is 14.6 Å². The predicted molar refractivity (Wildman–Crippen MR) is 137 cm³/mol. The molecule has 2 unspecified atom stereocenters. The highest BCUT2D eigenvalue weighted by Crippen LogP contribution is 2.50. The zero-order chi connectivity index (χ0) is 24.6. The van der Waals surface area contributed by atoms with Crippen molar-refractivity contribution in [2.24, 2.45) is 0 Å². The molecule has 4 rings (SSSR count). The van der Waals surface area contributed by atoms with Crippen molar-refractivity contribution in [3.63, 3.8) is 0 Å². The van der Waals surface area contributed by atoms with E-state index in [-0.39, 0.29) is 24.8 Å². The quantitative estimate of drug-likeness (QED) is 0.492. The molecule has 2 bridgehead atoms. The van der Waals surface area contributed by atoms with Crippen LogP contribution in [0.1, 0.15) is 113 Å². The van der Waals surface area contributed by atoms with Crippen LogP contribution in [0.5, 0.6) is 0 Å². The van der Waals surface area contributed by atoms with E-state index in [1.54, 1.807) is 0 Å². The number of carbonyl (C=O) groups excluding carboxylic acids is 1. The highest BCUT2D eigenvalue weighted by Gasteiger charge is 2.52. The van der Waals surface area contributed by atoms with Crippen molar-refractivity contribution in [3.8, 4) is 0 Å². The number of carbonyl (C=O) groups is 1. The van der Waals surface area contributed by atoms with Gasteiger partial charge in [0.25, 0.3) is 0 Å². The Hall–Kier alpha value is -2.33. The average molecular weight is 464 g/mol. The van der Waals surface area contributed by atoms with Crippen molar-refractivity contribution in [1.29, 1.82) is 0 Å². The number of amides is 1. The first kappa shape index (κ1) is 24.8. The van der Waals surface area contributed by atoms with Gasteiger partial charge in [-0.3, -0.25) is 0 Å². The maximum Gasteiger partial charge on any atom is 0.410 e. The average Bonchev–Trinajstić information content (AvgIpc) is 3.08. The Labute approximate surface area is 205 Å². The first-order valence-electron chi connectivity index (χ1n) is 13.0. The Morgan fingerprint density at radius 2 is 1.47 bits per heavy atom. The molecule has 1 amide bonds. The van der Waals surface area contributed by atoms with Crippen LogP contribution in [0.25, 0.3) is 0 Å². The summed E-state index contributed by atoms with van der Waals surface area (Å²) in [5.41, 5.74) is 5.05. The smallest absolute Gasteiger partial charge is 0.410 e. The summed E-state index contributed by atoms with van der Waals surface area (Å²) < 4.78 is 5.69. The molecule has 2 aliphatic rings. The number of fused-ring (bicyclic) bond motifs is 2. The van der Waals surface area contributed by atoms with E-state index in [0.29, 0.717) is 30.6 Å². The van der Waals surface area contributed by atoms with Gasteiger partial charge in [0, 0.05) is 24.9 Å². The molecule has 4 nitrogen and oxygen atoms in total. The lowest BCUT2D eigenvalue weighted by Gasteiger charge is -2.45. The minimum Gasteiger partial charge on any atom is -0.445 e. The van der Waals surface area contributed by atoms with Crippen molar-refractivity contribution >= 4 is 6.09 Å². The maximum absolute atomic E-state index is 13.1. The lowest BCUT2D eigenvalue weighted by molar-refractivity contribution is -0.0549. The van der Waals surface area contributed by atoms with E-state index in [1.165, 1.54) is 16.7 Å².